The fourth-order valence-electron chi connectivity index (χ4n) is 5.20. The lowest BCUT2D eigenvalue weighted by molar-refractivity contribution is 0.0117. The summed E-state index contributed by atoms with van der Waals surface area (Å²) >= 11 is 3.49. The van der Waals surface area contributed by atoms with Crippen molar-refractivity contribution in [3.05, 3.63) is 50.5 Å². The number of nitrogens with one attached hydrogen (secondary N) is 2. The van der Waals surface area contributed by atoms with Gasteiger partial charge >= 0.3 is 6.09 Å². The van der Waals surface area contributed by atoms with Crippen LogP contribution in [0.15, 0.2) is 33.8 Å². The number of amides is 1. The molecule has 2 aliphatic rings. The van der Waals surface area contributed by atoms with Crippen molar-refractivity contribution in [1.29, 1.82) is 0 Å². The molecule has 10 nitrogen and oxygen atoms in total. The van der Waals surface area contributed by atoms with Gasteiger partial charge in [0.2, 0.25) is 5.95 Å². The number of anilines is 2. The van der Waals surface area contributed by atoms with Crippen molar-refractivity contribution in [3.8, 4) is 0 Å². The number of pyridine rings is 2. The first kappa shape index (κ1) is 26.6. The predicted octanol–water partition coefficient (Wildman–Crippen LogP) is 5.00. The summed E-state index contributed by atoms with van der Waals surface area (Å²) in [5.41, 5.74) is 1.77. The van der Waals surface area contributed by atoms with Crippen LogP contribution in [0.4, 0.5) is 16.6 Å². The zero-order chi connectivity index (χ0) is 27.0. The van der Waals surface area contributed by atoms with Crippen molar-refractivity contribution in [2.24, 2.45) is 0 Å². The van der Waals surface area contributed by atoms with Gasteiger partial charge in [-0.15, -0.1) is 0 Å². The maximum Gasteiger partial charge on any atom is 0.410 e. The van der Waals surface area contributed by atoms with Gasteiger partial charge < -0.3 is 15.4 Å². The third-order valence-corrected chi connectivity index (χ3v) is 8.04. The number of rotatable bonds is 4. The minimum Gasteiger partial charge on any atom is -0.444 e. The summed E-state index contributed by atoms with van der Waals surface area (Å²) in [5.74, 6) is 0.949. The van der Waals surface area contributed by atoms with Gasteiger partial charge in [-0.2, -0.15) is 4.98 Å². The van der Waals surface area contributed by atoms with E-state index in [2.05, 4.69) is 36.5 Å². The van der Waals surface area contributed by atoms with Crippen LogP contribution in [0, 0.1) is 6.92 Å². The Hall–Kier alpha value is -3.05. The molecule has 1 atom stereocenters. The molecule has 2 fully saturated rings. The van der Waals surface area contributed by atoms with E-state index < -0.39 is 5.60 Å². The van der Waals surface area contributed by atoms with E-state index in [4.69, 9.17) is 9.72 Å². The Kier molecular flexibility index (Phi) is 7.41. The van der Waals surface area contributed by atoms with Gasteiger partial charge in [-0.3, -0.25) is 14.3 Å². The molecule has 1 saturated carbocycles. The Labute approximate surface area is 230 Å². The van der Waals surface area contributed by atoms with E-state index in [-0.39, 0.29) is 23.7 Å². The van der Waals surface area contributed by atoms with Crippen LogP contribution in [0.2, 0.25) is 0 Å². The van der Waals surface area contributed by atoms with Gasteiger partial charge in [0.15, 0.2) is 0 Å². The van der Waals surface area contributed by atoms with Crippen LogP contribution in [0.5, 0.6) is 0 Å². The lowest BCUT2D eigenvalue weighted by Gasteiger charge is -2.37. The summed E-state index contributed by atoms with van der Waals surface area (Å²) in [4.78, 5) is 41.6. The normalized spacial score (nSPS) is 18.7. The van der Waals surface area contributed by atoms with Gasteiger partial charge in [-0.1, -0.05) is 18.9 Å². The van der Waals surface area contributed by atoms with E-state index >= 15 is 0 Å². The summed E-state index contributed by atoms with van der Waals surface area (Å²) in [7, 11) is 0. The molecular formula is C27H34BrN7O3. The first-order valence-corrected chi connectivity index (χ1v) is 13.9. The Morgan fingerprint density at radius 3 is 2.63 bits per heavy atom. The first-order valence-electron chi connectivity index (χ1n) is 13.1. The molecule has 0 spiro atoms. The van der Waals surface area contributed by atoms with Crippen LogP contribution in [0.3, 0.4) is 0 Å². The van der Waals surface area contributed by atoms with E-state index in [1.54, 1.807) is 17.3 Å². The fraction of sp³-hybridized carbons (Fsp3) is 0.519. The molecule has 202 valence electrons. The van der Waals surface area contributed by atoms with Crippen molar-refractivity contribution >= 4 is 44.8 Å². The number of fused-ring (bicyclic) bond motifs is 1. The largest absolute Gasteiger partial charge is 0.444 e. The quantitative estimate of drug-likeness (QED) is 0.441. The third-order valence-electron chi connectivity index (χ3n) is 7.11. The predicted molar refractivity (Wildman–Crippen MR) is 150 cm³/mol. The highest BCUT2D eigenvalue weighted by atomic mass is 79.9. The SMILES string of the molecule is Cc1c(Br)c(=O)n(C2CCCC2)c2nc(Nc3ccc(C4CNCCN4C(=O)OC(C)(C)C)cn3)ncc12. The summed E-state index contributed by atoms with van der Waals surface area (Å²) in [5, 5.41) is 7.38. The van der Waals surface area contributed by atoms with Crippen LogP contribution < -0.4 is 16.2 Å². The van der Waals surface area contributed by atoms with Gasteiger partial charge in [0.05, 0.1) is 10.5 Å². The molecule has 1 unspecified atom stereocenters. The number of ether oxygens (including phenoxy) is 1. The van der Waals surface area contributed by atoms with Crippen molar-refractivity contribution in [3.63, 3.8) is 0 Å². The van der Waals surface area contributed by atoms with Gasteiger partial charge in [0.1, 0.15) is 17.1 Å². The molecule has 5 rings (SSSR count). The molecule has 1 aliphatic carbocycles. The maximum absolute atomic E-state index is 13.2. The molecule has 1 aliphatic heterocycles. The summed E-state index contributed by atoms with van der Waals surface area (Å²) in [6.07, 6.45) is 7.35. The molecule has 0 bridgehead atoms. The molecule has 4 heterocycles. The van der Waals surface area contributed by atoms with E-state index in [0.717, 1.165) is 42.2 Å². The lowest BCUT2D eigenvalue weighted by atomic mass is 10.1. The van der Waals surface area contributed by atoms with Gasteiger partial charge in [0, 0.05) is 43.5 Å². The molecule has 3 aromatic heterocycles. The summed E-state index contributed by atoms with van der Waals surface area (Å²) in [6, 6.07) is 3.75. The zero-order valence-electron chi connectivity index (χ0n) is 22.3. The number of halogens is 1. The highest BCUT2D eigenvalue weighted by Crippen LogP contribution is 2.33. The second-order valence-corrected chi connectivity index (χ2v) is 11.8. The number of carbonyl (C=O) groups excluding carboxylic acids is 1. The highest BCUT2D eigenvalue weighted by molar-refractivity contribution is 9.10. The Morgan fingerprint density at radius 1 is 1.18 bits per heavy atom. The average molecular weight is 585 g/mol. The van der Waals surface area contributed by atoms with Crippen LogP contribution in [0.25, 0.3) is 11.0 Å². The number of aromatic nitrogens is 4. The second-order valence-electron chi connectivity index (χ2n) is 11.0. The van der Waals surface area contributed by atoms with Crippen LogP contribution in [0.1, 0.15) is 69.7 Å². The van der Waals surface area contributed by atoms with Crippen LogP contribution in [-0.2, 0) is 4.74 Å². The first-order chi connectivity index (χ1) is 18.1. The zero-order valence-corrected chi connectivity index (χ0v) is 23.8. The van der Waals surface area contributed by atoms with E-state index in [0.29, 0.717) is 41.5 Å². The van der Waals surface area contributed by atoms with E-state index in [1.165, 1.54) is 0 Å². The molecular weight excluding hydrogens is 550 g/mol. The Balaban J connectivity index is 1.40. The standard InChI is InChI=1S/C27H34BrN7O3/c1-16-19-14-31-25(33-23(19)35(24(36)22(16)28)18-7-5-6-8-18)32-21-10-9-17(13-30-21)20-15-29-11-12-34(20)26(37)38-27(2,3)4/h9-10,13-14,18,20,29H,5-8,11-12,15H2,1-4H3,(H,30,31,32,33). The maximum atomic E-state index is 13.2. The number of aryl methyl sites for hydroxylation is 1. The van der Waals surface area contributed by atoms with E-state index in [1.807, 2.05) is 44.4 Å². The number of hydrogen-bond donors (Lipinski definition) is 2. The van der Waals surface area contributed by atoms with Crippen molar-refractivity contribution in [2.45, 2.75) is 71.1 Å². The summed E-state index contributed by atoms with van der Waals surface area (Å²) < 4.78 is 8.01. The monoisotopic (exact) mass is 583 g/mol. The molecule has 2 N–H and O–H groups in total. The minimum atomic E-state index is -0.560. The number of hydrogen-bond acceptors (Lipinski definition) is 8. The smallest absolute Gasteiger partial charge is 0.410 e. The molecule has 0 aromatic carbocycles. The molecule has 0 radical (unpaired) electrons. The van der Waals surface area contributed by atoms with Crippen molar-refractivity contribution in [2.75, 3.05) is 25.0 Å². The van der Waals surface area contributed by atoms with Crippen LogP contribution >= 0.6 is 15.9 Å². The minimum absolute atomic E-state index is 0.0512. The highest BCUT2D eigenvalue weighted by Gasteiger charge is 2.31. The van der Waals surface area contributed by atoms with Crippen LogP contribution in [-0.4, -0.2) is 55.7 Å². The van der Waals surface area contributed by atoms with Gasteiger partial charge in [0.25, 0.3) is 5.56 Å². The topological polar surface area (TPSA) is 114 Å². The fourth-order valence-corrected chi connectivity index (χ4v) is 5.60. The van der Waals surface area contributed by atoms with E-state index in [9.17, 15) is 9.59 Å². The van der Waals surface area contributed by atoms with Gasteiger partial charge in [-0.05, 0) is 73.7 Å². The molecule has 11 heteroatoms. The number of carbonyl (C=O) groups is 1. The summed E-state index contributed by atoms with van der Waals surface area (Å²) in [6.45, 7) is 9.40. The van der Waals surface area contributed by atoms with Crippen molar-refractivity contribution in [1.82, 2.24) is 29.7 Å². The Morgan fingerprint density at radius 2 is 1.95 bits per heavy atom. The molecule has 38 heavy (non-hydrogen) atoms. The number of piperazine rings is 1. The number of nitrogens with zero attached hydrogens (tertiary/aromatic N) is 5. The molecule has 3 aromatic rings. The molecule has 1 amide bonds. The molecule has 1 saturated heterocycles. The van der Waals surface area contributed by atoms with Crippen molar-refractivity contribution < 1.29 is 9.53 Å². The Bertz CT molecular complexity index is 1400. The second kappa shape index (κ2) is 10.6. The average Bonchev–Trinajstić information content (AvgIpc) is 3.41. The third kappa shape index (κ3) is 5.40. The lowest BCUT2D eigenvalue weighted by Crippen LogP contribution is -2.50. The van der Waals surface area contributed by atoms with Gasteiger partial charge in [-0.25, -0.2) is 14.8 Å².